The average molecular weight is 817 g/mol. The number of rotatable bonds is 7. The first-order valence-corrected chi connectivity index (χ1v) is 22.0. The highest BCUT2D eigenvalue weighted by atomic mass is 16.3. The van der Waals surface area contributed by atoms with Gasteiger partial charge in [-0.25, -0.2) is 0 Å². The van der Waals surface area contributed by atoms with E-state index in [1.165, 1.54) is 55.2 Å². The molecule has 0 atom stereocenters. The van der Waals surface area contributed by atoms with E-state index in [0.717, 1.165) is 55.8 Å². The molecule has 64 heavy (non-hydrogen) atoms. The maximum Gasteiger partial charge on any atom is 0.159 e. The summed E-state index contributed by atoms with van der Waals surface area (Å²) in [7, 11) is 0. The fraction of sp³-hybridized carbons (Fsp3) is 0.0164. The fourth-order valence-electron chi connectivity index (χ4n) is 10.8. The molecule has 13 rings (SSSR count). The highest BCUT2D eigenvalue weighted by Crippen LogP contribution is 2.60. The molecule has 1 aliphatic rings. The van der Waals surface area contributed by atoms with E-state index in [2.05, 4.69) is 246 Å². The molecular weight excluding hydrogens is 777 g/mol. The van der Waals surface area contributed by atoms with Crippen molar-refractivity contribution in [3.63, 3.8) is 0 Å². The third-order valence-corrected chi connectivity index (χ3v) is 13.5. The van der Waals surface area contributed by atoms with Crippen LogP contribution in [0.15, 0.2) is 247 Å². The molecule has 2 heterocycles. The minimum Gasteiger partial charge on any atom is -0.454 e. The van der Waals surface area contributed by atoms with E-state index in [1.54, 1.807) is 0 Å². The van der Waals surface area contributed by atoms with E-state index in [4.69, 9.17) is 4.42 Å². The topological polar surface area (TPSA) is 21.3 Å². The van der Waals surface area contributed by atoms with Crippen LogP contribution in [0.5, 0.6) is 0 Å². The maximum absolute atomic E-state index is 6.82. The van der Waals surface area contributed by atoms with Crippen LogP contribution in [0.25, 0.3) is 71.7 Å². The van der Waals surface area contributed by atoms with Gasteiger partial charge in [-0.2, -0.15) is 0 Å². The Hall–Kier alpha value is -8.40. The summed E-state index contributed by atoms with van der Waals surface area (Å²) in [6, 6.07) is 88.1. The predicted molar refractivity (Wildman–Crippen MR) is 265 cm³/mol. The van der Waals surface area contributed by atoms with Crippen LogP contribution in [0.4, 0.5) is 17.1 Å². The Morgan fingerprint density at radius 1 is 0.375 bits per heavy atom. The van der Waals surface area contributed by atoms with E-state index < -0.39 is 5.41 Å². The Kier molecular flexibility index (Phi) is 8.13. The van der Waals surface area contributed by atoms with Gasteiger partial charge in [0.05, 0.1) is 27.8 Å². The Morgan fingerprint density at radius 2 is 0.891 bits per heavy atom. The summed E-state index contributed by atoms with van der Waals surface area (Å²) >= 11 is 0. The maximum atomic E-state index is 6.82. The highest BCUT2D eigenvalue weighted by molar-refractivity contribution is 6.12. The van der Waals surface area contributed by atoms with Crippen molar-refractivity contribution in [1.29, 1.82) is 0 Å². The number of benzene rings is 10. The smallest absolute Gasteiger partial charge is 0.159 e. The molecule has 3 heteroatoms. The van der Waals surface area contributed by atoms with Gasteiger partial charge in [-0.1, -0.05) is 188 Å². The fourth-order valence-corrected chi connectivity index (χ4v) is 10.8. The molecule has 0 saturated heterocycles. The van der Waals surface area contributed by atoms with Crippen LogP contribution in [0, 0.1) is 0 Å². The Bertz CT molecular complexity index is 3620. The monoisotopic (exact) mass is 816 g/mol. The lowest BCUT2D eigenvalue weighted by atomic mass is 9.68. The standard InChI is InChI=1S/C61H40N2O/c1-3-17-43(18-4-1)61(44-19-5-2-6-20-44)52-26-11-7-24-51(52)59-53(61)27-16-30-56(59)63(57-31-15-25-50-49-23-10-14-32-58(49)64-60(50)57)46-39-35-42(36-40-46)41-33-37-45(38-34-41)62-54-28-12-8-21-47(54)48-22-9-13-29-55(48)62/h1-40H. The van der Waals surface area contributed by atoms with Crippen molar-refractivity contribution in [1.82, 2.24) is 4.57 Å². The predicted octanol–water partition coefficient (Wildman–Crippen LogP) is 16.2. The van der Waals surface area contributed by atoms with Crippen molar-refractivity contribution in [3.8, 4) is 27.9 Å². The summed E-state index contributed by atoms with van der Waals surface area (Å²) in [5.41, 5.74) is 17.6. The zero-order valence-corrected chi connectivity index (χ0v) is 34.9. The number of nitrogens with zero attached hydrogens (tertiary/aromatic N) is 2. The second-order valence-corrected chi connectivity index (χ2v) is 16.8. The molecule has 1 aliphatic carbocycles. The average Bonchev–Trinajstić information content (AvgIpc) is 4.02. The van der Waals surface area contributed by atoms with Crippen LogP contribution in [0.1, 0.15) is 22.3 Å². The van der Waals surface area contributed by atoms with E-state index in [9.17, 15) is 0 Å². The van der Waals surface area contributed by atoms with Gasteiger partial charge >= 0.3 is 0 Å². The first-order chi connectivity index (χ1) is 31.8. The molecule has 0 unspecified atom stereocenters. The van der Waals surface area contributed by atoms with Crippen LogP contribution < -0.4 is 4.90 Å². The van der Waals surface area contributed by atoms with Gasteiger partial charge in [0.25, 0.3) is 0 Å². The second-order valence-electron chi connectivity index (χ2n) is 16.8. The summed E-state index contributed by atoms with van der Waals surface area (Å²) < 4.78 is 9.19. The van der Waals surface area contributed by atoms with Gasteiger partial charge in [0.15, 0.2) is 5.58 Å². The number of hydrogen-bond donors (Lipinski definition) is 0. The second kappa shape index (κ2) is 14.3. The molecule has 0 amide bonds. The van der Waals surface area contributed by atoms with Crippen LogP contribution in [0.2, 0.25) is 0 Å². The molecule has 0 radical (unpaired) electrons. The van der Waals surface area contributed by atoms with Crippen molar-refractivity contribution >= 4 is 60.8 Å². The number of hydrogen-bond acceptors (Lipinski definition) is 2. The van der Waals surface area contributed by atoms with Crippen molar-refractivity contribution in [2.75, 3.05) is 4.90 Å². The Morgan fingerprint density at radius 3 is 1.58 bits per heavy atom. The summed E-state index contributed by atoms with van der Waals surface area (Å²) in [4.78, 5) is 2.42. The number of para-hydroxylation sites is 4. The minimum atomic E-state index is -0.531. The molecule has 0 fully saturated rings. The first-order valence-electron chi connectivity index (χ1n) is 22.0. The first kappa shape index (κ1) is 36.3. The van der Waals surface area contributed by atoms with Gasteiger partial charge in [-0.15, -0.1) is 0 Å². The molecule has 3 nitrogen and oxygen atoms in total. The van der Waals surface area contributed by atoms with E-state index >= 15 is 0 Å². The summed E-state index contributed by atoms with van der Waals surface area (Å²) in [6.07, 6.45) is 0. The summed E-state index contributed by atoms with van der Waals surface area (Å²) in [5.74, 6) is 0. The van der Waals surface area contributed by atoms with Gasteiger partial charge in [-0.3, -0.25) is 0 Å². The molecule has 10 aromatic carbocycles. The molecule has 2 aromatic heterocycles. The van der Waals surface area contributed by atoms with Crippen LogP contribution in [-0.4, -0.2) is 4.57 Å². The molecule has 0 spiro atoms. The van der Waals surface area contributed by atoms with Crippen molar-refractivity contribution in [3.05, 3.63) is 265 Å². The number of aromatic nitrogens is 1. The van der Waals surface area contributed by atoms with Crippen LogP contribution in [-0.2, 0) is 5.41 Å². The third kappa shape index (κ3) is 5.28. The van der Waals surface area contributed by atoms with E-state index in [1.807, 2.05) is 6.07 Å². The third-order valence-electron chi connectivity index (χ3n) is 13.5. The Balaban J connectivity index is 0.997. The summed E-state index contributed by atoms with van der Waals surface area (Å²) in [5, 5.41) is 4.72. The molecule has 0 N–H and O–H groups in total. The van der Waals surface area contributed by atoms with Gasteiger partial charge in [0.1, 0.15) is 5.58 Å². The van der Waals surface area contributed by atoms with Gasteiger partial charge < -0.3 is 13.9 Å². The molecule has 12 aromatic rings. The van der Waals surface area contributed by atoms with E-state index in [0.29, 0.717) is 0 Å². The number of anilines is 3. The lowest BCUT2D eigenvalue weighted by Crippen LogP contribution is -2.28. The highest BCUT2D eigenvalue weighted by Gasteiger charge is 2.47. The van der Waals surface area contributed by atoms with E-state index in [-0.39, 0.29) is 0 Å². The molecule has 0 bridgehead atoms. The molecule has 0 aliphatic heterocycles. The lowest BCUT2D eigenvalue weighted by Gasteiger charge is -2.34. The quantitative estimate of drug-likeness (QED) is 0.160. The zero-order chi connectivity index (χ0) is 42.2. The van der Waals surface area contributed by atoms with Crippen molar-refractivity contribution in [2.24, 2.45) is 0 Å². The normalized spacial score (nSPS) is 12.8. The largest absolute Gasteiger partial charge is 0.454 e. The minimum absolute atomic E-state index is 0.531. The summed E-state index contributed by atoms with van der Waals surface area (Å²) in [6.45, 7) is 0. The van der Waals surface area contributed by atoms with Gasteiger partial charge in [0, 0.05) is 38.5 Å². The van der Waals surface area contributed by atoms with Gasteiger partial charge in [-0.05, 0) is 93.5 Å². The molecule has 0 saturated carbocycles. The molecular formula is C61H40N2O. The van der Waals surface area contributed by atoms with Crippen molar-refractivity contribution < 1.29 is 4.42 Å². The van der Waals surface area contributed by atoms with Crippen LogP contribution in [0.3, 0.4) is 0 Å². The Labute approximate surface area is 371 Å². The lowest BCUT2D eigenvalue weighted by molar-refractivity contribution is 0.669. The van der Waals surface area contributed by atoms with Crippen molar-refractivity contribution in [2.45, 2.75) is 5.41 Å². The number of fused-ring (bicyclic) bond motifs is 9. The SMILES string of the molecule is c1ccc(C2(c3ccccc3)c3ccccc3-c3c(N(c4ccc(-c5ccc(-n6c7ccccc7c7ccccc76)cc5)cc4)c4cccc5c4oc4ccccc45)cccc32)cc1. The molecule has 300 valence electrons. The zero-order valence-electron chi connectivity index (χ0n) is 34.9. The number of furan rings is 1. The van der Waals surface area contributed by atoms with Crippen LogP contribution >= 0.6 is 0 Å². The van der Waals surface area contributed by atoms with Gasteiger partial charge in [0.2, 0.25) is 0 Å².